The number of rotatable bonds is 2. The number of halogens is 3. The summed E-state index contributed by atoms with van der Waals surface area (Å²) in [5, 5.41) is 2.67. The van der Waals surface area contributed by atoms with Crippen molar-refractivity contribution in [2.75, 3.05) is 45.9 Å². The van der Waals surface area contributed by atoms with Crippen molar-refractivity contribution in [2.45, 2.75) is 25.7 Å². The minimum atomic E-state index is -4.63. The number of hydrogen-bond donors (Lipinski definition) is 1. The molecule has 0 aliphatic carbocycles. The first-order valence-corrected chi connectivity index (χ1v) is 12.1. The van der Waals surface area contributed by atoms with Crippen molar-refractivity contribution in [1.82, 2.24) is 20.0 Å². The van der Waals surface area contributed by atoms with E-state index in [1.165, 1.54) is 6.92 Å². The molecular formula is C26H29F3N4O4. The molecule has 2 aromatic carbocycles. The highest BCUT2D eigenvalue weighted by Crippen LogP contribution is 2.33. The highest BCUT2D eigenvalue weighted by molar-refractivity contribution is 5.97. The van der Waals surface area contributed by atoms with Crippen LogP contribution in [-0.2, 0) is 22.3 Å². The second kappa shape index (κ2) is 11.2. The molecule has 4 rings (SSSR count). The molecule has 3 amide bonds. The lowest BCUT2D eigenvalue weighted by atomic mass is 10.1. The van der Waals surface area contributed by atoms with Gasteiger partial charge in [-0.1, -0.05) is 30.3 Å². The number of carbonyl (C=O) groups excluding carboxylic acids is 3. The molecule has 1 fully saturated rings. The largest absolute Gasteiger partial charge is 0.491 e. The molecule has 0 saturated carbocycles. The molecule has 2 heterocycles. The maximum absolute atomic E-state index is 13.4. The van der Waals surface area contributed by atoms with Crippen LogP contribution in [0.2, 0.25) is 0 Å². The van der Waals surface area contributed by atoms with Crippen LogP contribution in [-0.4, -0.2) is 84.3 Å². The Labute approximate surface area is 213 Å². The number of benzene rings is 2. The van der Waals surface area contributed by atoms with Crippen LogP contribution in [0.4, 0.5) is 13.2 Å². The van der Waals surface area contributed by atoms with E-state index >= 15 is 0 Å². The summed E-state index contributed by atoms with van der Waals surface area (Å²) >= 11 is 0. The summed E-state index contributed by atoms with van der Waals surface area (Å²) in [6, 6.07) is 11.8. The van der Waals surface area contributed by atoms with Crippen molar-refractivity contribution in [1.29, 1.82) is 0 Å². The Morgan fingerprint density at radius 1 is 1.08 bits per heavy atom. The molecule has 0 spiro atoms. The Balaban J connectivity index is 1.65. The van der Waals surface area contributed by atoms with E-state index in [0.29, 0.717) is 26.2 Å². The van der Waals surface area contributed by atoms with E-state index < -0.39 is 23.7 Å². The van der Waals surface area contributed by atoms with Gasteiger partial charge in [0.25, 0.3) is 5.91 Å². The molecule has 37 heavy (non-hydrogen) atoms. The monoisotopic (exact) mass is 518 g/mol. The molecule has 8 nitrogen and oxygen atoms in total. The van der Waals surface area contributed by atoms with E-state index in [-0.39, 0.29) is 49.4 Å². The number of amides is 3. The zero-order valence-corrected chi connectivity index (χ0v) is 20.5. The summed E-state index contributed by atoms with van der Waals surface area (Å²) < 4.78 is 45.9. The van der Waals surface area contributed by atoms with Crippen LogP contribution in [0.5, 0.6) is 5.75 Å². The van der Waals surface area contributed by atoms with Crippen LogP contribution in [0, 0.1) is 0 Å². The topological polar surface area (TPSA) is 82.2 Å². The normalized spacial score (nSPS) is 19.9. The Morgan fingerprint density at radius 2 is 1.84 bits per heavy atom. The Kier molecular flexibility index (Phi) is 8.01. The zero-order valence-electron chi connectivity index (χ0n) is 20.5. The average Bonchev–Trinajstić information content (AvgIpc) is 2.87. The van der Waals surface area contributed by atoms with Gasteiger partial charge in [-0.05, 0) is 23.8 Å². The quantitative estimate of drug-likeness (QED) is 0.661. The molecule has 2 aliphatic heterocycles. The van der Waals surface area contributed by atoms with Crippen LogP contribution in [0.25, 0.3) is 0 Å². The summed E-state index contributed by atoms with van der Waals surface area (Å²) in [5.41, 5.74) is -0.217. The molecule has 1 atom stereocenters. The third-order valence-corrected chi connectivity index (χ3v) is 6.55. The van der Waals surface area contributed by atoms with Gasteiger partial charge >= 0.3 is 6.18 Å². The zero-order chi connectivity index (χ0) is 26.6. The summed E-state index contributed by atoms with van der Waals surface area (Å²) in [7, 11) is 0. The predicted octanol–water partition coefficient (Wildman–Crippen LogP) is 2.39. The molecule has 2 aromatic rings. The molecule has 1 saturated heterocycles. The van der Waals surface area contributed by atoms with E-state index in [1.54, 1.807) is 9.80 Å². The third kappa shape index (κ3) is 6.59. The first kappa shape index (κ1) is 26.5. The lowest BCUT2D eigenvalue weighted by Crippen LogP contribution is -2.59. The van der Waals surface area contributed by atoms with Gasteiger partial charge in [0, 0.05) is 46.2 Å². The van der Waals surface area contributed by atoms with Gasteiger partial charge in [0.2, 0.25) is 11.8 Å². The minimum Gasteiger partial charge on any atom is -0.491 e. The maximum Gasteiger partial charge on any atom is 0.416 e. The highest BCUT2D eigenvalue weighted by Gasteiger charge is 2.35. The van der Waals surface area contributed by atoms with Crippen LogP contribution < -0.4 is 10.1 Å². The van der Waals surface area contributed by atoms with Gasteiger partial charge in [0.15, 0.2) is 0 Å². The molecule has 0 aromatic heterocycles. The van der Waals surface area contributed by atoms with Gasteiger partial charge in [0.1, 0.15) is 12.4 Å². The van der Waals surface area contributed by atoms with Crippen LogP contribution in [0.1, 0.15) is 28.4 Å². The van der Waals surface area contributed by atoms with Gasteiger partial charge in [0.05, 0.1) is 23.7 Å². The number of ether oxygens (including phenoxy) is 1. The fourth-order valence-electron chi connectivity index (χ4n) is 4.57. The number of nitrogens with one attached hydrogen (secondary N) is 1. The molecule has 0 bridgehead atoms. The van der Waals surface area contributed by atoms with Crippen molar-refractivity contribution in [2.24, 2.45) is 0 Å². The lowest BCUT2D eigenvalue weighted by molar-refractivity contribution is -0.143. The molecule has 0 unspecified atom stereocenters. The van der Waals surface area contributed by atoms with Crippen LogP contribution >= 0.6 is 0 Å². The van der Waals surface area contributed by atoms with Crippen molar-refractivity contribution < 1.29 is 32.3 Å². The maximum atomic E-state index is 13.4. The number of alkyl halides is 3. The van der Waals surface area contributed by atoms with Crippen LogP contribution in [0.15, 0.2) is 48.5 Å². The smallest absolute Gasteiger partial charge is 0.416 e. The van der Waals surface area contributed by atoms with Gasteiger partial charge in [-0.2, -0.15) is 13.2 Å². The molecule has 2 aliphatic rings. The second-order valence-electron chi connectivity index (χ2n) is 9.18. The first-order chi connectivity index (χ1) is 17.6. The molecule has 11 heteroatoms. The van der Waals surface area contributed by atoms with E-state index in [4.69, 9.17) is 4.74 Å². The molecule has 0 radical (unpaired) electrons. The van der Waals surface area contributed by atoms with Gasteiger partial charge in [-0.15, -0.1) is 0 Å². The van der Waals surface area contributed by atoms with Crippen molar-refractivity contribution in [3.8, 4) is 5.75 Å². The van der Waals surface area contributed by atoms with E-state index in [9.17, 15) is 27.6 Å². The Bertz CT molecular complexity index is 1140. The summed E-state index contributed by atoms with van der Waals surface area (Å²) in [6.07, 6.45) is -4.63. The lowest BCUT2D eigenvalue weighted by Gasteiger charge is -2.41. The second-order valence-corrected chi connectivity index (χ2v) is 9.18. The Morgan fingerprint density at radius 3 is 2.54 bits per heavy atom. The van der Waals surface area contributed by atoms with Crippen molar-refractivity contribution in [3.05, 3.63) is 65.2 Å². The van der Waals surface area contributed by atoms with E-state index in [1.807, 2.05) is 35.2 Å². The van der Waals surface area contributed by atoms with Crippen molar-refractivity contribution >= 4 is 17.7 Å². The van der Waals surface area contributed by atoms with E-state index in [2.05, 4.69) is 5.32 Å². The van der Waals surface area contributed by atoms with Gasteiger partial charge < -0.3 is 19.9 Å². The molecule has 198 valence electrons. The number of carbonyl (C=O) groups is 3. The summed E-state index contributed by atoms with van der Waals surface area (Å²) in [5.74, 6) is -1.00. The van der Waals surface area contributed by atoms with Crippen LogP contribution in [0.3, 0.4) is 0 Å². The number of hydrogen-bond acceptors (Lipinski definition) is 5. The third-order valence-electron chi connectivity index (χ3n) is 6.55. The number of fused-ring (bicyclic) bond motifs is 2. The van der Waals surface area contributed by atoms with Gasteiger partial charge in [-0.3, -0.25) is 19.3 Å². The highest BCUT2D eigenvalue weighted by atomic mass is 19.4. The number of nitrogens with zero attached hydrogens (tertiary/aromatic N) is 3. The van der Waals surface area contributed by atoms with E-state index in [0.717, 1.165) is 23.8 Å². The standard InChI is InChI=1S/C26H29F3N4O4/c1-18(34)32-11-12-33-21(15-32)17-37-23-8-7-20(26(27,28)29)13-22(23)25(36)30-9-10-31(16-24(33)35)14-19-5-3-2-4-6-19/h2-8,13,21H,9-12,14-17H2,1H3,(H,30,36)/t21-/m0/s1. The Hall–Kier alpha value is -3.60. The SMILES string of the molecule is CC(=O)N1CCN2C(=O)CN(Cc3ccccc3)CCNC(=O)c3cc(C(F)(F)F)ccc3OC[C@@H]2C1. The summed E-state index contributed by atoms with van der Waals surface area (Å²) in [6.45, 7) is 3.22. The predicted molar refractivity (Wildman–Crippen MR) is 129 cm³/mol. The molecular weight excluding hydrogens is 489 g/mol. The van der Waals surface area contributed by atoms with Crippen molar-refractivity contribution in [3.63, 3.8) is 0 Å². The fraction of sp³-hybridized carbons (Fsp3) is 0.423. The first-order valence-electron chi connectivity index (χ1n) is 12.1. The fourth-order valence-corrected chi connectivity index (χ4v) is 4.57. The number of piperazine rings is 1. The average molecular weight is 519 g/mol. The van der Waals surface area contributed by atoms with Gasteiger partial charge in [-0.25, -0.2) is 0 Å². The minimum absolute atomic E-state index is 0.0155. The molecule has 1 N–H and O–H groups in total. The summed E-state index contributed by atoms with van der Waals surface area (Å²) in [4.78, 5) is 43.5.